The highest BCUT2D eigenvalue weighted by Gasteiger charge is 2.20. The van der Waals surface area contributed by atoms with Crippen molar-refractivity contribution in [2.75, 3.05) is 0 Å². The number of benzene rings is 1. The molecule has 0 saturated carbocycles. The van der Waals surface area contributed by atoms with E-state index in [0.29, 0.717) is 11.3 Å². The Morgan fingerprint density at radius 2 is 2.22 bits per heavy atom. The quantitative estimate of drug-likeness (QED) is 0.783. The standard InChI is InChI=1S/C12H6BrNO4/c13-8-2-1-3-9-6(8)4-10(17-9)11-7(12(15)16)5-14-18-11/h1-5H,(H,15,16). The predicted molar refractivity (Wildman–Crippen MR) is 66.4 cm³/mol. The number of fused-ring (bicyclic) bond motifs is 1. The van der Waals surface area contributed by atoms with Gasteiger partial charge in [0.1, 0.15) is 11.1 Å². The van der Waals surface area contributed by atoms with Gasteiger partial charge in [0.05, 0.1) is 6.20 Å². The highest BCUT2D eigenvalue weighted by Crippen LogP contribution is 2.33. The van der Waals surface area contributed by atoms with E-state index in [2.05, 4.69) is 21.1 Å². The van der Waals surface area contributed by atoms with Gasteiger partial charge in [-0.3, -0.25) is 0 Å². The van der Waals surface area contributed by atoms with Crippen LogP contribution in [0.1, 0.15) is 10.4 Å². The Morgan fingerprint density at radius 1 is 1.39 bits per heavy atom. The van der Waals surface area contributed by atoms with Crippen LogP contribution in [0.3, 0.4) is 0 Å². The SMILES string of the molecule is O=C(O)c1cnoc1-c1cc2c(Br)cccc2o1. The molecule has 0 spiro atoms. The van der Waals surface area contributed by atoms with Gasteiger partial charge in [0.2, 0.25) is 5.76 Å². The largest absolute Gasteiger partial charge is 0.477 e. The molecule has 1 aromatic carbocycles. The van der Waals surface area contributed by atoms with Gasteiger partial charge in [-0.15, -0.1) is 0 Å². The maximum absolute atomic E-state index is 11.0. The first kappa shape index (κ1) is 11.0. The lowest BCUT2D eigenvalue weighted by molar-refractivity contribution is 0.0697. The average Bonchev–Trinajstić information content (AvgIpc) is 2.95. The van der Waals surface area contributed by atoms with Crippen LogP contribution in [0.4, 0.5) is 0 Å². The predicted octanol–water partition coefficient (Wildman–Crippen LogP) is 3.55. The van der Waals surface area contributed by atoms with Gasteiger partial charge >= 0.3 is 5.97 Å². The highest BCUT2D eigenvalue weighted by molar-refractivity contribution is 9.10. The Labute approximate surface area is 109 Å². The van der Waals surface area contributed by atoms with Gasteiger partial charge in [0.25, 0.3) is 0 Å². The molecule has 0 fully saturated rings. The average molecular weight is 308 g/mol. The smallest absolute Gasteiger partial charge is 0.341 e. The second-order valence-corrected chi connectivity index (χ2v) is 4.49. The van der Waals surface area contributed by atoms with E-state index in [9.17, 15) is 4.79 Å². The van der Waals surface area contributed by atoms with Gasteiger partial charge in [0, 0.05) is 9.86 Å². The van der Waals surface area contributed by atoms with Crippen molar-refractivity contribution in [3.63, 3.8) is 0 Å². The maximum atomic E-state index is 11.0. The molecule has 0 aliphatic heterocycles. The number of aromatic carboxylic acids is 1. The van der Waals surface area contributed by atoms with Crippen molar-refractivity contribution in [2.45, 2.75) is 0 Å². The molecule has 0 aliphatic carbocycles. The van der Waals surface area contributed by atoms with Crippen LogP contribution >= 0.6 is 15.9 Å². The summed E-state index contributed by atoms with van der Waals surface area (Å²) in [4.78, 5) is 11.0. The molecule has 2 aromatic heterocycles. The second kappa shape index (κ2) is 3.99. The third-order valence-corrected chi connectivity index (χ3v) is 3.22. The summed E-state index contributed by atoms with van der Waals surface area (Å²) in [6.45, 7) is 0. The van der Waals surface area contributed by atoms with E-state index in [1.807, 2.05) is 12.1 Å². The molecule has 0 atom stereocenters. The summed E-state index contributed by atoms with van der Waals surface area (Å²) in [7, 11) is 0. The van der Waals surface area contributed by atoms with Crippen LogP contribution in [0.2, 0.25) is 0 Å². The fourth-order valence-corrected chi connectivity index (χ4v) is 2.17. The van der Waals surface area contributed by atoms with Crippen molar-refractivity contribution in [1.29, 1.82) is 0 Å². The molecule has 0 bridgehead atoms. The number of halogens is 1. The molecule has 18 heavy (non-hydrogen) atoms. The van der Waals surface area contributed by atoms with Gasteiger partial charge in [-0.2, -0.15) is 0 Å². The molecule has 0 amide bonds. The molecule has 0 aliphatic rings. The summed E-state index contributed by atoms with van der Waals surface area (Å²) < 4.78 is 11.4. The Morgan fingerprint density at radius 3 is 2.94 bits per heavy atom. The van der Waals surface area contributed by atoms with Crippen molar-refractivity contribution in [3.8, 4) is 11.5 Å². The Hall–Kier alpha value is -2.08. The molecule has 1 N–H and O–H groups in total. The molecule has 3 aromatic rings. The van der Waals surface area contributed by atoms with Crippen molar-refractivity contribution in [3.05, 3.63) is 40.5 Å². The lowest BCUT2D eigenvalue weighted by Crippen LogP contribution is -1.95. The molecular formula is C12H6BrNO4. The van der Waals surface area contributed by atoms with Crippen LogP contribution in [0.15, 0.2) is 43.9 Å². The van der Waals surface area contributed by atoms with Crippen LogP contribution in [0, 0.1) is 0 Å². The number of rotatable bonds is 2. The molecule has 0 radical (unpaired) electrons. The summed E-state index contributed by atoms with van der Waals surface area (Å²) in [6, 6.07) is 7.21. The third kappa shape index (κ3) is 1.62. The third-order valence-electron chi connectivity index (χ3n) is 2.53. The van der Waals surface area contributed by atoms with E-state index >= 15 is 0 Å². The lowest BCUT2D eigenvalue weighted by atomic mass is 10.2. The molecule has 90 valence electrons. The van der Waals surface area contributed by atoms with Crippen LogP contribution < -0.4 is 0 Å². The van der Waals surface area contributed by atoms with Gasteiger partial charge in [-0.1, -0.05) is 27.2 Å². The minimum Gasteiger partial charge on any atom is -0.477 e. The zero-order valence-corrected chi connectivity index (χ0v) is 10.5. The Balaban J connectivity index is 2.23. The van der Waals surface area contributed by atoms with Crippen molar-refractivity contribution < 1.29 is 18.8 Å². The van der Waals surface area contributed by atoms with Gasteiger partial charge < -0.3 is 14.0 Å². The van der Waals surface area contributed by atoms with E-state index in [1.54, 1.807) is 12.1 Å². The van der Waals surface area contributed by atoms with Gasteiger partial charge in [-0.25, -0.2) is 4.79 Å². The number of nitrogens with zero attached hydrogens (tertiary/aromatic N) is 1. The fraction of sp³-hybridized carbons (Fsp3) is 0. The molecule has 3 rings (SSSR count). The van der Waals surface area contributed by atoms with Crippen LogP contribution in [-0.2, 0) is 0 Å². The van der Waals surface area contributed by atoms with Crippen molar-refractivity contribution in [1.82, 2.24) is 5.16 Å². The van der Waals surface area contributed by atoms with E-state index in [0.717, 1.165) is 16.1 Å². The van der Waals surface area contributed by atoms with E-state index in [4.69, 9.17) is 14.0 Å². The van der Waals surface area contributed by atoms with Crippen LogP contribution in [0.25, 0.3) is 22.5 Å². The maximum Gasteiger partial charge on any atom is 0.341 e. The van der Waals surface area contributed by atoms with Gasteiger partial charge in [0.15, 0.2) is 5.76 Å². The summed E-state index contributed by atoms with van der Waals surface area (Å²) in [6.07, 6.45) is 1.15. The molecule has 0 unspecified atom stereocenters. The first-order valence-corrected chi connectivity index (χ1v) is 5.82. The minimum absolute atomic E-state index is 0.0230. The minimum atomic E-state index is -1.11. The number of hydrogen-bond acceptors (Lipinski definition) is 4. The summed E-state index contributed by atoms with van der Waals surface area (Å²) in [5.74, 6) is -0.650. The summed E-state index contributed by atoms with van der Waals surface area (Å²) >= 11 is 3.40. The fourth-order valence-electron chi connectivity index (χ4n) is 1.71. The van der Waals surface area contributed by atoms with Crippen molar-refractivity contribution >= 4 is 32.9 Å². The van der Waals surface area contributed by atoms with E-state index < -0.39 is 5.97 Å². The highest BCUT2D eigenvalue weighted by atomic mass is 79.9. The molecular weight excluding hydrogens is 302 g/mol. The Kier molecular flexibility index (Phi) is 2.45. The molecule has 5 nitrogen and oxygen atoms in total. The van der Waals surface area contributed by atoms with Crippen LogP contribution in [0.5, 0.6) is 0 Å². The summed E-state index contributed by atoms with van der Waals surface area (Å²) in [5.41, 5.74) is 0.622. The van der Waals surface area contributed by atoms with Crippen molar-refractivity contribution in [2.24, 2.45) is 0 Å². The number of carboxylic acid groups (broad SMARTS) is 1. The zero-order valence-electron chi connectivity index (χ0n) is 8.88. The van der Waals surface area contributed by atoms with Crippen LogP contribution in [-0.4, -0.2) is 16.2 Å². The molecule has 2 heterocycles. The number of carbonyl (C=O) groups is 1. The second-order valence-electron chi connectivity index (χ2n) is 3.64. The number of furan rings is 1. The van der Waals surface area contributed by atoms with E-state index in [-0.39, 0.29) is 11.3 Å². The number of hydrogen-bond donors (Lipinski definition) is 1. The normalized spacial score (nSPS) is 10.9. The molecule has 0 saturated heterocycles. The monoisotopic (exact) mass is 307 g/mol. The lowest BCUT2D eigenvalue weighted by Gasteiger charge is -1.90. The molecule has 6 heteroatoms. The number of aromatic nitrogens is 1. The van der Waals surface area contributed by atoms with E-state index in [1.165, 1.54) is 0 Å². The number of carboxylic acids is 1. The topological polar surface area (TPSA) is 76.5 Å². The van der Waals surface area contributed by atoms with Gasteiger partial charge in [-0.05, 0) is 18.2 Å². The zero-order chi connectivity index (χ0) is 12.7. The first-order valence-electron chi connectivity index (χ1n) is 5.03. The Bertz CT molecular complexity index is 743. The summed E-state index contributed by atoms with van der Waals surface area (Å²) in [5, 5.41) is 13.3. The first-order chi connectivity index (χ1) is 8.66.